The lowest BCUT2D eigenvalue weighted by atomic mass is 9.67. The van der Waals surface area contributed by atoms with Crippen LogP contribution in [0.25, 0.3) is 0 Å². The van der Waals surface area contributed by atoms with Crippen LogP contribution in [-0.4, -0.2) is 28.9 Å². The Labute approximate surface area is 116 Å². The van der Waals surface area contributed by atoms with Gasteiger partial charge in [0.05, 0.1) is 10.4 Å². The van der Waals surface area contributed by atoms with E-state index < -0.39 is 5.41 Å². The van der Waals surface area contributed by atoms with Crippen molar-refractivity contribution in [2.24, 2.45) is 11.1 Å². The van der Waals surface area contributed by atoms with Gasteiger partial charge in [0.1, 0.15) is 0 Å². The molecule has 0 bridgehead atoms. The number of hydrogen-bond donors (Lipinski definition) is 1. The van der Waals surface area contributed by atoms with E-state index in [0.29, 0.717) is 4.99 Å². The van der Waals surface area contributed by atoms with Crippen LogP contribution in [0.4, 0.5) is 0 Å². The van der Waals surface area contributed by atoms with Crippen molar-refractivity contribution in [3.8, 4) is 0 Å². The summed E-state index contributed by atoms with van der Waals surface area (Å²) in [5, 5.41) is 0. The van der Waals surface area contributed by atoms with Gasteiger partial charge in [-0.25, -0.2) is 0 Å². The number of amides is 1. The molecule has 1 fully saturated rings. The third-order valence-electron chi connectivity index (χ3n) is 3.94. The first kappa shape index (κ1) is 15.4. The summed E-state index contributed by atoms with van der Waals surface area (Å²) in [7, 11) is 0. The van der Waals surface area contributed by atoms with Crippen molar-refractivity contribution in [3.63, 3.8) is 0 Å². The van der Waals surface area contributed by atoms with Gasteiger partial charge in [0, 0.05) is 13.1 Å². The summed E-state index contributed by atoms with van der Waals surface area (Å²) in [5.74, 6) is 0.183. The van der Waals surface area contributed by atoms with Crippen LogP contribution in [0.3, 0.4) is 0 Å². The van der Waals surface area contributed by atoms with Crippen molar-refractivity contribution in [1.29, 1.82) is 0 Å². The Morgan fingerprint density at radius 3 is 2.00 bits per heavy atom. The van der Waals surface area contributed by atoms with Gasteiger partial charge in [-0.1, -0.05) is 45.3 Å². The van der Waals surface area contributed by atoms with Gasteiger partial charge >= 0.3 is 0 Å². The molecule has 0 aliphatic heterocycles. The first-order chi connectivity index (χ1) is 8.58. The van der Waals surface area contributed by atoms with E-state index in [1.807, 2.05) is 4.90 Å². The van der Waals surface area contributed by atoms with Crippen molar-refractivity contribution < 1.29 is 4.79 Å². The summed E-state index contributed by atoms with van der Waals surface area (Å²) in [6, 6.07) is 0. The lowest BCUT2D eigenvalue weighted by Gasteiger charge is -2.42. The van der Waals surface area contributed by atoms with E-state index in [1.165, 1.54) is 0 Å². The minimum absolute atomic E-state index is 0.183. The molecule has 18 heavy (non-hydrogen) atoms. The SMILES string of the molecule is CCCCN(CCCC)C(=O)C1(C(N)=S)CCC1. The molecule has 0 aromatic rings. The molecular weight excluding hydrogens is 244 g/mol. The van der Waals surface area contributed by atoms with E-state index in [2.05, 4.69) is 13.8 Å². The highest BCUT2D eigenvalue weighted by Crippen LogP contribution is 2.43. The van der Waals surface area contributed by atoms with Gasteiger partial charge in [-0.15, -0.1) is 0 Å². The molecule has 1 rings (SSSR count). The fraction of sp³-hybridized carbons (Fsp3) is 0.857. The molecule has 104 valence electrons. The lowest BCUT2D eigenvalue weighted by molar-refractivity contribution is -0.142. The van der Waals surface area contributed by atoms with Gasteiger partial charge in [0.2, 0.25) is 5.91 Å². The molecule has 1 aliphatic carbocycles. The maximum absolute atomic E-state index is 12.7. The molecule has 0 aromatic carbocycles. The topological polar surface area (TPSA) is 46.3 Å². The molecule has 3 nitrogen and oxygen atoms in total. The largest absolute Gasteiger partial charge is 0.392 e. The summed E-state index contributed by atoms with van der Waals surface area (Å²) in [6.07, 6.45) is 7.09. The van der Waals surface area contributed by atoms with Crippen molar-refractivity contribution >= 4 is 23.1 Å². The third kappa shape index (κ3) is 3.22. The second kappa shape index (κ2) is 7.07. The predicted octanol–water partition coefficient (Wildman–Crippen LogP) is 2.87. The van der Waals surface area contributed by atoms with Crippen molar-refractivity contribution in [2.75, 3.05) is 13.1 Å². The normalized spacial score (nSPS) is 17.0. The molecule has 0 heterocycles. The van der Waals surface area contributed by atoms with Crippen molar-refractivity contribution in [3.05, 3.63) is 0 Å². The van der Waals surface area contributed by atoms with Crippen LogP contribution in [0.2, 0.25) is 0 Å². The fourth-order valence-electron chi connectivity index (χ4n) is 2.41. The summed E-state index contributed by atoms with van der Waals surface area (Å²) in [5.41, 5.74) is 5.31. The molecule has 1 aliphatic rings. The zero-order valence-corrected chi connectivity index (χ0v) is 12.5. The predicted molar refractivity (Wildman–Crippen MR) is 79.5 cm³/mol. The van der Waals surface area contributed by atoms with Crippen molar-refractivity contribution in [2.45, 2.75) is 58.8 Å². The van der Waals surface area contributed by atoms with Crippen LogP contribution in [0.5, 0.6) is 0 Å². The van der Waals surface area contributed by atoms with E-state index in [4.69, 9.17) is 18.0 Å². The van der Waals surface area contributed by atoms with Gasteiger partial charge < -0.3 is 10.6 Å². The Bertz CT molecular complexity index is 292. The number of thiocarbonyl (C=S) groups is 1. The fourth-order valence-corrected chi connectivity index (χ4v) is 2.70. The Morgan fingerprint density at radius 2 is 1.72 bits per heavy atom. The monoisotopic (exact) mass is 270 g/mol. The summed E-state index contributed by atoms with van der Waals surface area (Å²) >= 11 is 5.13. The second-order valence-electron chi connectivity index (χ2n) is 5.30. The molecular formula is C14H26N2OS. The minimum Gasteiger partial charge on any atom is -0.392 e. The van der Waals surface area contributed by atoms with Crippen LogP contribution in [0.15, 0.2) is 0 Å². The van der Waals surface area contributed by atoms with Gasteiger partial charge in [-0.2, -0.15) is 0 Å². The second-order valence-corrected chi connectivity index (χ2v) is 5.74. The quantitative estimate of drug-likeness (QED) is 0.690. The molecule has 0 radical (unpaired) electrons. The van der Waals surface area contributed by atoms with Crippen molar-refractivity contribution in [1.82, 2.24) is 4.90 Å². The van der Waals surface area contributed by atoms with Crippen LogP contribution in [0.1, 0.15) is 58.8 Å². The molecule has 1 amide bonds. The number of nitrogens with two attached hydrogens (primary N) is 1. The average molecular weight is 270 g/mol. The van der Waals surface area contributed by atoms with Gasteiger partial charge in [-0.05, 0) is 25.7 Å². The molecule has 0 atom stereocenters. The third-order valence-corrected chi connectivity index (χ3v) is 4.33. The Hall–Kier alpha value is -0.640. The van der Waals surface area contributed by atoms with E-state index in [-0.39, 0.29) is 5.91 Å². The number of carbonyl (C=O) groups excluding carboxylic acids is 1. The first-order valence-corrected chi connectivity index (χ1v) is 7.58. The van der Waals surface area contributed by atoms with Gasteiger partial charge in [-0.3, -0.25) is 4.79 Å². The highest BCUT2D eigenvalue weighted by atomic mass is 32.1. The highest BCUT2D eigenvalue weighted by Gasteiger charge is 2.48. The molecule has 0 unspecified atom stereocenters. The van der Waals surface area contributed by atoms with Gasteiger partial charge in [0.15, 0.2) is 0 Å². The Balaban J connectivity index is 2.70. The maximum atomic E-state index is 12.7. The number of rotatable bonds is 8. The molecule has 4 heteroatoms. The van der Waals surface area contributed by atoms with Crippen LogP contribution < -0.4 is 5.73 Å². The standard InChI is InChI=1S/C14H26N2OS/c1-3-5-10-16(11-6-4-2)13(17)14(12(15)18)8-7-9-14/h3-11H2,1-2H3,(H2,15,18). The van der Waals surface area contributed by atoms with E-state index in [1.54, 1.807) is 0 Å². The molecule has 2 N–H and O–H groups in total. The zero-order chi connectivity index (χ0) is 13.6. The van der Waals surface area contributed by atoms with E-state index in [9.17, 15) is 4.79 Å². The summed E-state index contributed by atoms with van der Waals surface area (Å²) < 4.78 is 0. The lowest BCUT2D eigenvalue weighted by Crippen LogP contribution is -2.54. The van der Waals surface area contributed by atoms with Crippen LogP contribution in [-0.2, 0) is 4.79 Å². The first-order valence-electron chi connectivity index (χ1n) is 7.17. The Kier molecular flexibility index (Phi) is 6.06. The molecule has 0 spiro atoms. The van der Waals surface area contributed by atoms with Crippen LogP contribution >= 0.6 is 12.2 Å². The molecule has 0 saturated heterocycles. The summed E-state index contributed by atoms with van der Waals surface area (Å²) in [4.78, 5) is 15.1. The summed E-state index contributed by atoms with van der Waals surface area (Å²) in [6.45, 7) is 5.99. The molecule has 1 saturated carbocycles. The smallest absolute Gasteiger partial charge is 0.235 e. The number of hydrogen-bond acceptors (Lipinski definition) is 2. The maximum Gasteiger partial charge on any atom is 0.235 e. The zero-order valence-electron chi connectivity index (χ0n) is 11.7. The van der Waals surface area contributed by atoms with Crippen LogP contribution in [0, 0.1) is 5.41 Å². The average Bonchev–Trinajstić information content (AvgIpc) is 2.27. The van der Waals surface area contributed by atoms with E-state index >= 15 is 0 Å². The van der Waals surface area contributed by atoms with Gasteiger partial charge in [0.25, 0.3) is 0 Å². The number of nitrogens with zero attached hydrogens (tertiary/aromatic N) is 1. The number of carbonyl (C=O) groups is 1. The molecule has 0 aromatic heterocycles. The Morgan fingerprint density at radius 1 is 1.22 bits per heavy atom. The van der Waals surface area contributed by atoms with E-state index in [0.717, 1.165) is 58.0 Å². The highest BCUT2D eigenvalue weighted by molar-refractivity contribution is 7.80. The minimum atomic E-state index is -0.503. The number of unbranched alkanes of at least 4 members (excludes halogenated alkanes) is 2.